The van der Waals surface area contributed by atoms with Gasteiger partial charge in [0, 0.05) is 12.0 Å². The van der Waals surface area contributed by atoms with Gasteiger partial charge < -0.3 is 15.0 Å². The van der Waals surface area contributed by atoms with Crippen LogP contribution < -0.4 is 5.73 Å². The first-order valence-corrected chi connectivity index (χ1v) is 5.28. The van der Waals surface area contributed by atoms with Gasteiger partial charge in [-0.2, -0.15) is 0 Å². The highest BCUT2D eigenvalue weighted by Crippen LogP contribution is 2.38. The van der Waals surface area contributed by atoms with Crippen molar-refractivity contribution in [2.45, 2.75) is 45.4 Å². The number of carbonyl (C=O) groups excluding carboxylic acids is 1. The Labute approximate surface area is 93.9 Å². The lowest BCUT2D eigenvalue weighted by atomic mass is 10.2. The number of ether oxygens (including phenoxy) is 1. The molecule has 1 heterocycles. The van der Waals surface area contributed by atoms with Crippen LogP contribution >= 0.6 is 0 Å². The molecule has 2 atom stereocenters. The van der Waals surface area contributed by atoms with E-state index in [0.29, 0.717) is 13.0 Å². The third-order valence-electron chi connectivity index (χ3n) is 3.20. The van der Waals surface area contributed by atoms with Gasteiger partial charge in [0.15, 0.2) is 5.78 Å². The molecule has 5 nitrogen and oxygen atoms in total. The topological polar surface area (TPSA) is 78.4 Å². The van der Waals surface area contributed by atoms with Crippen LogP contribution in [-0.2, 0) is 16.1 Å². The Morgan fingerprint density at radius 1 is 1.69 bits per heavy atom. The van der Waals surface area contributed by atoms with Crippen molar-refractivity contribution in [3.05, 3.63) is 17.0 Å². The number of rotatable bonds is 4. The van der Waals surface area contributed by atoms with Crippen LogP contribution in [0.25, 0.3) is 0 Å². The monoisotopic (exact) mass is 224 g/mol. The first kappa shape index (κ1) is 11.3. The fourth-order valence-corrected chi connectivity index (χ4v) is 1.72. The second-order valence-electron chi connectivity index (χ2n) is 4.40. The molecular weight excluding hydrogens is 208 g/mol. The molecule has 16 heavy (non-hydrogen) atoms. The van der Waals surface area contributed by atoms with Gasteiger partial charge in [0.2, 0.25) is 0 Å². The molecule has 0 radical (unpaired) electrons. The Bertz CT molecular complexity index is 407. The van der Waals surface area contributed by atoms with Gasteiger partial charge in [-0.15, -0.1) is 0 Å². The number of aryl methyl sites for hydroxylation is 2. The van der Waals surface area contributed by atoms with E-state index in [4.69, 9.17) is 15.0 Å². The maximum absolute atomic E-state index is 11.2. The van der Waals surface area contributed by atoms with E-state index in [2.05, 4.69) is 5.16 Å². The molecule has 0 spiro atoms. The van der Waals surface area contributed by atoms with Crippen LogP contribution in [0.3, 0.4) is 0 Å². The zero-order chi connectivity index (χ0) is 11.9. The number of ketones is 1. The third kappa shape index (κ3) is 1.76. The SMILES string of the molecule is CC(=O)[C@@]1(N)C[C@H]1OCc1c(C)noc1C. The van der Waals surface area contributed by atoms with E-state index in [1.807, 2.05) is 13.8 Å². The largest absolute Gasteiger partial charge is 0.371 e. The molecule has 1 saturated carbocycles. The molecule has 1 aromatic rings. The summed E-state index contributed by atoms with van der Waals surface area (Å²) < 4.78 is 10.6. The van der Waals surface area contributed by atoms with E-state index in [1.54, 1.807) is 0 Å². The number of nitrogens with two attached hydrogens (primary N) is 1. The summed E-state index contributed by atoms with van der Waals surface area (Å²) in [5, 5.41) is 3.83. The van der Waals surface area contributed by atoms with Crippen molar-refractivity contribution in [3.63, 3.8) is 0 Å². The van der Waals surface area contributed by atoms with Crippen molar-refractivity contribution in [2.24, 2.45) is 5.73 Å². The normalized spacial score (nSPS) is 28.1. The van der Waals surface area contributed by atoms with E-state index in [0.717, 1.165) is 17.0 Å². The number of carbonyl (C=O) groups is 1. The fourth-order valence-electron chi connectivity index (χ4n) is 1.72. The first-order chi connectivity index (χ1) is 7.45. The molecule has 88 valence electrons. The van der Waals surface area contributed by atoms with Gasteiger partial charge in [-0.05, 0) is 20.8 Å². The van der Waals surface area contributed by atoms with Crippen molar-refractivity contribution >= 4 is 5.78 Å². The standard InChI is InChI=1S/C11H16N2O3/c1-6-9(7(2)16-13-6)5-15-10-4-11(10,12)8(3)14/h10H,4-5,12H2,1-3H3/t10-,11+/m1/s1. The first-order valence-electron chi connectivity index (χ1n) is 5.28. The van der Waals surface area contributed by atoms with E-state index in [9.17, 15) is 4.79 Å². The van der Waals surface area contributed by atoms with Gasteiger partial charge in [-0.25, -0.2) is 0 Å². The molecule has 0 saturated heterocycles. The molecule has 1 aromatic heterocycles. The molecule has 0 amide bonds. The van der Waals surface area contributed by atoms with Crippen molar-refractivity contribution in [2.75, 3.05) is 0 Å². The average Bonchev–Trinajstić information content (AvgIpc) is 2.78. The van der Waals surface area contributed by atoms with Crippen LogP contribution in [0.2, 0.25) is 0 Å². The van der Waals surface area contributed by atoms with E-state index in [-0.39, 0.29) is 11.9 Å². The van der Waals surface area contributed by atoms with E-state index < -0.39 is 5.54 Å². The molecule has 2 N–H and O–H groups in total. The lowest BCUT2D eigenvalue weighted by Gasteiger charge is -2.07. The van der Waals surface area contributed by atoms with Gasteiger partial charge in [-0.3, -0.25) is 4.79 Å². The number of hydrogen-bond acceptors (Lipinski definition) is 5. The van der Waals surface area contributed by atoms with Crippen molar-refractivity contribution in [1.29, 1.82) is 0 Å². The second-order valence-corrected chi connectivity index (χ2v) is 4.40. The van der Waals surface area contributed by atoms with Crippen LogP contribution in [0.4, 0.5) is 0 Å². The number of nitrogens with zero attached hydrogens (tertiary/aromatic N) is 1. The Morgan fingerprint density at radius 3 is 2.81 bits per heavy atom. The van der Waals surface area contributed by atoms with Gasteiger partial charge in [-0.1, -0.05) is 5.16 Å². The smallest absolute Gasteiger partial charge is 0.152 e. The van der Waals surface area contributed by atoms with E-state index >= 15 is 0 Å². The fraction of sp³-hybridized carbons (Fsp3) is 0.636. The molecular formula is C11H16N2O3. The number of Topliss-reactive ketones (excluding diaryl/α,β-unsaturated/α-hetero) is 1. The Morgan fingerprint density at radius 2 is 2.38 bits per heavy atom. The molecule has 0 aliphatic heterocycles. The molecule has 0 bridgehead atoms. The molecule has 1 aliphatic carbocycles. The minimum absolute atomic E-state index is 0.0173. The average molecular weight is 224 g/mol. The molecule has 1 aliphatic rings. The van der Waals surface area contributed by atoms with Crippen LogP contribution in [0.5, 0.6) is 0 Å². The number of hydrogen-bond donors (Lipinski definition) is 1. The quantitative estimate of drug-likeness (QED) is 0.820. The summed E-state index contributed by atoms with van der Waals surface area (Å²) in [4.78, 5) is 11.2. The maximum atomic E-state index is 11.2. The van der Waals surface area contributed by atoms with Gasteiger partial charge >= 0.3 is 0 Å². The van der Waals surface area contributed by atoms with Crippen LogP contribution in [0.15, 0.2) is 4.52 Å². The summed E-state index contributed by atoms with van der Waals surface area (Å²) in [6, 6.07) is 0. The highest BCUT2D eigenvalue weighted by Gasteiger charge is 2.56. The van der Waals surface area contributed by atoms with Crippen molar-refractivity contribution in [1.82, 2.24) is 5.16 Å². The van der Waals surface area contributed by atoms with Gasteiger partial charge in [0.25, 0.3) is 0 Å². The van der Waals surface area contributed by atoms with Crippen molar-refractivity contribution in [3.8, 4) is 0 Å². The maximum Gasteiger partial charge on any atom is 0.152 e. The van der Waals surface area contributed by atoms with Crippen LogP contribution in [0.1, 0.15) is 30.4 Å². The summed E-state index contributed by atoms with van der Waals surface area (Å²) in [7, 11) is 0. The van der Waals surface area contributed by atoms with Crippen LogP contribution in [0, 0.1) is 13.8 Å². The van der Waals surface area contributed by atoms with Gasteiger partial charge in [0.1, 0.15) is 11.3 Å². The second kappa shape index (κ2) is 3.68. The Balaban J connectivity index is 1.93. The zero-order valence-corrected chi connectivity index (χ0v) is 9.74. The minimum Gasteiger partial charge on any atom is -0.371 e. The third-order valence-corrected chi connectivity index (χ3v) is 3.20. The molecule has 0 aromatic carbocycles. The predicted octanol–water partition coefficient (Wildman–Crippen LogP) is 0.867. The van der Waals surface area contributed by atoms with Crippen LogP contribution in [-0.4, -0.2) is 22.6 Å². The molecule has 1 fully saturated rings. The summed E-state index contributed by atoms with van der Waals surface area (Å²) in [6.07, 6.45) is 0.435. The molecule has 5 heteroatoms. The minimum atomic E-state index is -0.765. The van der Waals surface area contributed by atoms with E-state index in [1.165, 1.54) is 6.92 Å². The predicted molar refractivity (Wildman–Crippen MR) is 56.8 cm³/mol. The molecule has 2 rings (SSSR count). The Hall–Kier alpha value is -1.20. The summed E-state index contributed by atoms with van der Waals surface area (Å²) in [5.41, 5.74) is 6.84. The highest BCUT2D eigenvalue weighted by atomic mass is 16.5. The summed E-state index contributed by atoms with van der Waals surface area (Å²) in [5.74, 6) is 0.736. The lowest BCUT2D eigenvalue weighted by Crippen LogP contribution is -2.35. The Kier molecular flexibility index (Phi) is 2.59. The number of aromatic nitrogens is 1. The lowest BCUT2D eigenvalue weighted by molar-refractivity contribution is -0.120. The van der Waals surface area contributed by atoms with Crippen molar-refractivity contribution < 1.29 is 14.1 Å². The van der Waals surface area contributed by atoms with Gasteiger partial charge in [0.05, 0.1) is 18.4 Å². The zero-order valence-electron chi connectivity index (χ0n) is 9.74. The summed E-state index contributed by atoms with van der Waals surface area (Å²) in [6.45, 7) is 5.60. The summed E-state index contributed by atoms with van der Waals surface area (Å²) >= 11 is 0. The molecule has 0 unspecified atom stereocenters. The highest BCUT2D eigenvalue weighted by molar-refractivity contribution is 5.90.